The Morgan fingerprint density at radius 3 is 2.04 bits per heavy atom. The highest BCUT2D eigenvalue weighted by molar-refractivity contribution is 5.85. The van der Waals surface area contributed by atoms with Crippen molar-refractivity contribution in [3.05, 3.63) is 214 Å². The van der Waals surface area contributed by atoms with Crippen LogP contribution in [-0.4, -0.2) is 4.57 Å². The molecule has 0 fully saturated rings. The Morgan fingerprint density at radius 1 is 0.679 bits per heavy atom. The SMILES string of the molecule is C1=CCCC(c2ccccc2)=C1.CC.CCC.Cc1ccccc1-c1ccc(C2=c3/c(c4c(n3-c3ccccc3)Cc3ccccc3-4)=C\C3=CC3\C=C\2)cc1C. The third-order valence-electron chi connectivity index (χ3n) is 10.8. The van der Waals surface area contributed by atoms with Crippen LogP contribution in [0.3, 0.4) is 0 Å². The van der Waals surface area contributed by atoms with Crippen molar-refractivity contribution in [2.75, 3.05) is 0 Å². The van der Waals surface area contributed by atoms with Crippen LogP contribution in [0.2, 0.25) is 0 Å². The number of nitrogens with zero attached hydrogens (tertiary/aromatic N) is 1. The van der Waals surface area contributed by atoms with E-state index in [4.69, 9.17) is 0 Å². The highest BCUT2D eigenvalue weighted by Crippen LogP contribution is 2.38. The van der Waals surface area contributed by atoms with Gasteiger partial charge in [0.2, 0.25) is 0 Å². The first-order valence-corrected chi connectivity index (χ1v) is 20.7. The average molecular weight is 730 g/mol. The van der Waals surface area contributed by atoms with Gasteiger partial charge in [0.25, 0.3) is 0 Å². The molecule has 6 aromatic rings. The third kappa shape index (κ3) is 7.91. The van der Waals surface area contributed by atoms with Crippen LogP contribution in [0.4, 0.5) is 0 Å². The second-order valence-electron chi connectivity index (χ2n) is 14.8. The molecule has 1 heterocycles. The Balaban J connectivity index is 0.000000237. The van der Waals surface area contributed by atoms with Crippen LogP contribution in [0.1, 0.15) is 80.5 Å². The molecular formula is C55H55N. The molecule has 1 unspecified atom stereocenters. The minimum absolute atomic E-state index is 0.438. The minimum atomic E-state index is 0.438. The van der Waals surface area contributed by atoms with Gasteiger partial charge < -0.3 is 4.57 Å². The van der Waals surface area contributed by atoms with Crippen LogP contribution < -0.4 is 10.6 Å². The maximum atomic E-state index is 2.54. The van der Waals surface area contributed by atoms with Gasteiger partial charge in [0.15, 0.2) is 0 Å². The number of hydrogen-bond acceptors (Lipinski definition) is 0. The van der Waals surface area contributed by atoms with E-state index in [1.165, 1.54) is 108 Å². The van der Waals surface area contributed by atoms with Crippen LogP contribution in [0, 0.1) is 19.8 Å². The standard InChI is InChI=1S/C38H29N.C12H12.C3H8.C2H6/c1-24-10-6-8-14-31(24)32-18-17-28(20-25(32)2)34-19-16-26-21-29(26)22-35-37-33-15-9-7-11-27(33)23-36(37)39(38(34)35)30-12-4-3-5-13-30;1-3-7-11(8-4-1)12-9-5-2-6-10-12;1-3-2;1-2/h3-22,26H,23H2,1-2H3;1-5,7-9H,6,10H2;3H2,1-2H3;1-2H3/b19-16+,35-22-,38-34-;;;. The normalized spacial score (nSPS) is 17.3. The summed E-state index contributed by atoms with van der Waals surface area (Å²) < 4.78 is 2.54. The Hall–Kier alpha value is -5.92. The molecule has 1 heteroatoms. The first-order valence-electron chi connectivity index (χ1n) is 20.7. The number of para-hydroxylation sites is 1. The number of aryl methyl sites for hydroxylation is 2. The van der Waals surface area contributed by atoms with E-state index in [1.54, 1.807) is 0 Å². The lowest BCUT2D eigenvalue weighted by Gasteiger charge is -2.15. The van der Waals surface area contributed by atoms with E-state index in [0.29, 0.717) is 5.92 Å². The zero-order valence-electron chi connectivity index (χ0n) is 34.0. The molecule has 0 spiro atoms. The van der Waals surface area contributed by atoms with Crippen molar-refractivity contribution in [1.29, 1.82) is 0 Å². The summed E-state index contributed by atoms with van der Waals surface area (Å²) in [5.41, 5.74) is 18.8. The van der Waals surface area contributed by atoms with Gasteiger partial charge in [0.05, 0.1) is 5.35 Å². The van der Waals surface area contributed by atoms with Gasteiger partial charge in [-0.2, -0.15) is 0 Å². The van der Waals surface area contributed by atoms with Gasteiger partial charge in [-0.15, -0.1) is 0 Å². The monoisotopic (exact) mass is 729 g/mol. The summed E-state index contributed by atoms with van der Waals surface area (Å²) in [7, 11) is 0. The number of fused-ring (bicyclic) bond motifs is 6. The molecule has 4 aliphatic rings. The van der Waals surface area contributed by atoms with Crippen molar-refractivity contribution < 1.29 is 0 Å². The number of allylic oxidation sites excluding steroid dienone is 8. The predicted molar refractivity (Wildman–Crippen MR) is 242 cm³/mol. The lowest BCUT2D eigenvalue weighted by Crippen LogP contribution is -2.33. The fourth-order valence-electron chi connectivity index (χ4n) is 8.13. The van der Waals surface area contributed by atoms with Crippen molar-refractivity contribution in [2.24, 2.45) is 5.92 Å². The largest absolute Gasteiger partial charge is 0.312 e. The van der Waals surface area contributed by atoms with E-state index in [-0.39, 0.29) is 0 Å². The van der Waals surface area contributed by atoms with Gasteiger partial charge in [-0.3, -0.25) is 0 Å². The summed E-state index contributed by atoms with van der Waals surface area (Å²) in [6.45, 7) is 12.7. The summed E-state index contributed by atoms with van der Waals surface area (Å²) in [5, 5.41) is 2.65. The van der Waals surface area contributed by atoms with E-state index in [1.807, 2.05) is 13.8 Å². The first-order chi connectivity index (χ1) is 27.6. The number of benzene rings is 5. The van der Waals surface area contributed by atoms with E-state index < -0.39 is 0 Å². The summed E-state index contributed by atoms with van der Waals surface area (Å²) in [5.74, 6) is 0.438. The first kappa shape index (κ1) is 38.4. The third-order valence-corrected chi connectivity index (χ3v) is 10.8. The van der Waals surface area contributed by atoms with Crippen molar-refractivity contribution in [3.8, 4) is 27.9 Å². The Bertz CT molecular complexity index is 2570. The summed E-state index contributed by atoms with van der Waals surface area (Å²) in [6, 6.07) is 46.1. The molecular weight excluding hydrogens is 675 g/mol. The van der Waals surface area contributed by atoms with Crippen LogP contribution in [0.25, 0.3) is 45.2 Å². The minimum Gasteiger partial charge on any atom is -0.312 e. The van der Waals surface area contributed by atoms with Crippen LogP contribution in [-0.2, 0) is 6.42 Å². The molecule has 56 heavy (non-hydrogen) atoms. The predicted octanol–water partition coefficient (Wildman–Crippen LogP) is 13.3. The number of hydrogen-bond donors (Lipinski definition) is 0. The zero-order valence-corrected chi connectivity index (χ0v) is 34.0. The molecule has 5 aromatic carbocycles. The molecule has 0 amide bonds. The lowest BCUT2D eigenvalue weighted by molar-refractivity contribution is 0.939. The number of aromatic nitrogens is 1. The van der Waals surface area contributed by atoms with Crippen LogP contribution >= 0.6 is 0 Å². The van der Waals surface area contributed by atoms with Crippen LogP contribution in [0.15, 0.2) is 169 Å². The van der Waals surface area contributed by atoms with E-state index >= 15 is 0 Å². The molecule has 0 N–H and O–H groups in total. The Kier molecular flexibility index (Phi) is 12.1. The molecule has 0 bridgehead atoms. The maximum Gasteiger partial charge on any atom is 0.0616 e. The second kappa shape index (κ2) is 17.7. The summed E-state index contributed by atoms with van der Waals surface area (Å²) in [6.07, 6.45) is 20.7. The van der Waals surface area contributed by atoms with E-state index in [0.717, 1.165) is 6.42 Å². The smallest absolute Gasteiger partial charge is 0.0616 e. The number of rotatable bonds is 4. The molecule has 280 valence electrons. The highest BCUT2D eigenvalue weighted by atomic mass is 15.0. The van der Waals surface area contributed by atoms with E-state index in [2.05, 4.69) is 202 Å². The lowest BCUT2D eigenvalue weighted by atomic mass is 9.92. The molecule has 4 aliphatic carbocycles. The van der Waals surface area contributed by atoms with Crippen molar-refractivity contribution in [1.82, 2.24) is 4.57 Å². The van der Waals surface area contributed by atoms with Gasteiger partial charge >= 0.3 is 0 Å². The molecule has 0 saturated carbocycles. The molecule has 1 nitrogen and oxygen atoms in total. The molecule has 10 rings (SSSR count). The van der Waals surface area contributed by atoms with Gasteiger partial charge in [-0.25, -0.2) is 0 Å². The summed E-state index contributed by atoms with van der Waals surface area (Å²) >= 11 is 0. The fraction of sp³-hybridized carbons (Fsp3) is 0.200. The average Bonchev–Trinajstić information content (AvgIpc) is 3.75. The quantitative estimate of drug-likeness (QED) is 0.170. The van der Waals surface area contributed by atoms with Crippen molar-refractivity contribution in [2.45, 2.75) is 67.2 Å². The van der Waals surface area contributed by atoms with Gasteiger partial charge in [-0.1, -0.05) is 186 Å². The van der Waals surface area contributed by atoms with E-state index in [9.17, 15) is 0 Å². The Labute approximate surface area is 335 Å². The summed E-state index contributed by atoms with van der Waals surface area (Å²) in [4.78, 5) is 0. The molecule has 1 aromatic heterocycles. The van der Waals surface area contributed by atoms with Crippen LogP contribution in [0.5, 0.6) is 0 Å². The molecule has 0 aliphatic heterocycles. The topological polar surface area (TPSA) is 4.93 Å². The van der Waals surface area contributed by atoms with Crippen molar-refractivity contribution in [3.63, 3.8) is 0 Å². The van der Waals surface area contributed by atoms with Gasteiger partial charge in [-0.05, 0) is 101 Å². The molecule has 0 saturated heterocycles. The Morgan fingerprint density at radius 2 is 1.34 bits per heavy atom. The fourth-order valence-corrected chi connectivity index (χ4v) is 8.13. The zero-order chi connectivity index (χ0) is 39.0. The molecule has 1 atom stereocenters. The van der Waals surface area contributed by atoms with Gasteiger partial charge in [0, 0.05) is 40.1 Å². The molecule has 0 radical (unpaired) electrons. The van der Waals surface area contributed by atoms with Gasteiger partial charge in [0.1, 0.15) is 0 Å². The maximum absolute atomic E-state index is 2.54. The highest BCUT2D eigenvalue weighted by Gasteiger charge is 2.29. The second-order valence-corrected chi connectivity index (χ2v) is 14.8. The van der Waals surface area contributed by atoms with Crippen molar-refractivity contribution >= 4 is 17.2 Å².